The zero-order chi connectivity index (χ0) is 13.8. The molecule has 1 amide bonds. The minimum absolute atomic E-state index is 0.00499. The number of methoxy groups -OCH3 is 1. The van der Waals surface area contributed by atoms with Crippen LogP contribution < -0.4 is 10.5 Å². The van der Waals surface area contributed by atoms with Gasteiger partial charge in [-0.15, -0.1) is 0 Å². The van der Waals surface area contributed by atoms with Crippen molar-refractivity contribution in [1.82, 2.24) is 4.98 Å². The second-order valence-corrected chi connectivity index (χ2v) is 4.30. The number of nitrogens with zero attached hydrogens (tertiary/aromatic N) is 1. The smallest absolute Gasteiger partial charge is 0.250 e. The molecule has 1 atom stereocenters. The Kier molecular flexibility index (Phi) is 3.80. The van der Waals surface area contributed by atoms with Crippen LogP contribution >= 0.6 is 0 Å². The molecule has 0 saturated heterocycles. The van der Waals surface area contributed by atoms with Crippen LogP contribution in [0.4, 0.5) is 0 Å². The van der Waals surface area contributed by atoms with Gasteiger partial charge in [0.05, 0.1) is 18.4 Å². The zero-order valence-electron chi connectivity index (χ0n) is 11.0. The van der Waals surface area contributed by atoms with E-state index in [1.165, 1.54) is 0 Å². The van der Waals surface area contributed by atoms with E-state index in [-0.39, 0.29) is 5.92 Å². The van der Waals surface area contributed by atoms with Crippen LogP contribution in [0, 0.1) is 0 Å². The highest BCUT2D eigenvalue weighted by Gasteiger charge is 2.16. The number of carbonyl (C=O) groups excluding carboxylic acids is 1. The molecule has 98 valence electrons. The van der Waals surface area contributed by atoms with Gasteiger partial charge in [0, 0.05) is 12.1 Å². The van der Waals surface area contributed by atoms with Crippen molar-refractivity contribution in [1.29, 1.82) is 0 Å². The van der Waals surface area contributed by atoms with E-state index in [0.29, 0.717) is 11.3 Å². The Labute approximate surface area is 112 Å². The van der Waals surface area contributed by atoms with Crippen LogP contribution in [0.15, 0.2) is 42.6 Å². The molecule has 0 spiro atoms. The Bertz CT molecular complexity index is 579. The molecule has 2 rings (SSSR count). The maximum Gasteiger partial charge on any atom is 0.250 e. The second kappa shape index (κ2) is 5.52. The summed E-state index contributed by atoms with van der Waals surface area (Å²) in [6.07, 6.45) is 1.67. The normalized spacial score (nSPS) is 11.9. The minimum atomic E-state index is -0.455. The number of rotatable bonds is 4. The Morgan fingerprint density at radius 1 is 1.26 bits per heavy atom. The fourth-order valence-corrected chi connectivity index (χ4v) is 2.02. The van der Waals surface area contributed by atoms with E-state index in [4.69, 9.17) is 10.5 Å². The first-order chi connectivity index (χ1) is 9.13. The molecule has 19 heavy (non-hydrogen) atoms. The molecule has 2 aromatic rings. The summed E-state index contributed by atoms with van der Waals surface area (Å²) in [5.41, 5.74) is 7.59. The highest BCUT2D eigenvalue weighted by Crippen LogP contribution is 2.26. The van der Waals surface area contributed by atoms with Crippen molar-refractivity contribution in [3.8, 4) is 5.75 Å². The highest BCUT2D eigenvalue weighted by atomic mass is 16.5. The van der Waals surface area contributed by atoms with Crippen molar-refractivity contribution in [3.63, 3.8) is 0 Å². The average Bonchev–Trinajstić information content (AvgIpc) is 2.46. The standard InChI is InChI=1S/C15H16N2O2/c1-10(11-5-7-12(19-2)8-6-11)14-13(15(16)18)4-3-9-17-14/h3-10H,1-2H3,(H2,16,18). The van der Waals surface area contributed by atoms with Gasteiger partial charge in [-0.3, -0.25) is 9.78 Å². The molecular weight excluding hydrogens is 240 g/mol. The monoisotopic (exact) mass is 256 g/mol. The number of carbonyl (C=O) groups is 1. The fourth-order valence-electron chi connectivity index (χ4n) is 2.02. The molecule has 1 aromatic carbocycles. The summed E-state index contributed by atoms with van der Waals surface area (Å²) < 4.78 is 5.13. The molecule has 4 heteroatoms. The Balaban J connectivity index is 2.37. The topological polar surface area (TPSA) is 65.2 Å². The predicted molar refractivity (Wildman–Crippen MR) is 73.3 cm³/mol. The largest absolute Gasteiger partial charge is 0.497 e. The number of hydrogen-bond acceptors (Lipinski definition) is 3. The van der Waals surface area contributed by atoms with Crippen LogP contribution in [0.5, 0.6) is 5.75 Å². The molecule has 1 unspecified atom stereocenters. The van der Waals surface area contributed by atoms with Crippen LogP contribution in [-0.2, 0) is 0 Å². The number of ether oxygens (including phenoxy) is 1. The van der Waals surface area contributed by atoms with Crippen molar-refractivity contribution in [2.24, 2.45) is 5.73 Å². The van der Waals surface area contributed by atoms with Gasteiger partial charge in [-0.1, -0.05) is 19.1 Å². The summed E-state index contributed by atoms with van der Waals surface area (Å²) in [5.74, 6) is 0.338. The zero-order valence-corrected chi connectivity index (χ0v) is 11.0. The number of primary amides is 1. The molecule has 4 nitrogen and oxygen atoms in total. The lowest BCUT2D eigenvalue weighted by molar-refractivity contribution is 0.0998. The van der Waals surface area contributed by atoms with Gasteiger partial charge in [-0.2, -0.15) is 0 Å². The van der Waals surface area contributed by atoms with Gasteiger partial charge in [0.25, 0.3) is 5.91 Å². The first-order valence-electron chi connectivity index (χ1n) is 6.02. The van der Waals surface area contributed by atoms with Crippen LogP contribution in [0.1, 0.15) is 34.5 Å². The molecule has 0 fully saturated rings. The van der Waals surface area contributed by atoms with E-state index in [1.54, 1.807) is 25.4 Å². The van der Waals surface area contributed by atoms with Gasteiger partial charge in [-0.05, 0) is 29.8 Å². The molecule has 0 aliphatic carbocycles. The first-order valence-corrected chi connectivity index (χ1v) is 6.02. The Hall–Kier alpha value is -2.36. The first kappa shape index (κ1) is 13.1. The van der Waals surface area contributed by atoms with Gasteiger partial charge in [0.1, 0.15) is 5.75 Å². The molecule has 2 N–H and O–H groups in total. The third-order valence-electron chi connectivity index (χ3n) is 3.13. The van der Waals surface area contributed by atoms with Crippen molar-refractivity contribution < 1.29 is 9.53 Å². The number of hydrogen-bond donors (Lipinski definition) is 1. The summed E-state index contributed by atoms with van der Waals surface area (Å²) in [7, 11) is 1.63. The van der Waals surface area contributed by atoms with Crippen molar-refractivity contribution in [2.75, 3.05) is 7.11 Å². The van der Waals surface area contributed by atoms with Crippen LogP contribution in [0.3, 0.4) is 0 Å². The third-order valence-corrected chi connectivity index (χ3v) is 3.13. The number of benzene rings is 1. The quantitative estimate of drug-likeness (QED) is 0.913. The summed E-state index contributed by atoms with van der Waals surface area (Å²) in [5, 5.41) is 0. The lowest BCUT2D eigenvalue weighted by Gasteiger charge is -2.14. The van der Waals surface area contributed by atoms with E-state index in [9.17, 15) is 4.79 Å². The maximum absolute atomic E-state index is 11.4. The third kappa shape index (κ3) is 2.73. The van der Waals surface area contributed by atoms with E-state index >= 15 is 0 Å². The van der Waals surface area contributed by atoms with Crippen molar-refractivity contribution in [3.05, 3.63) is 59.4 Å². The summed E-state index contributed by atoms with van der Waals surface area (Å²) >= 11 is 0. The average molecular weight is 256 g/mol. The lowest BCUT2D eigenvalue weighted by Crippen LogP contribution is -2.16. The number of pyridine rings is 1. The fraction of sp³-hybridized carbons (Fsp3) is 0.200. The lowest BCUT2D eigenvalue weighted by atomic mass is 9.94. The van der Waals surface area contributed by atoms with E-state index in [2.05, 4.69) is 4.98 Å². The second-order valence-electron chi connectivity index (χ2n) is 4.30. The van der Waals surface area contributed by atoms with Gasteiger partial charge in [0.2, 0.25) is 0 Å². The van der Waals surface area contributed by atoms with Crippen LogP contribution in [-0.4, -0.2) is 18.0 Å². The summed E-state index contributed by atoms with van der Waals surface area (Å²) in [6.45, 7) is 2.00. The molecule has 0 aliphatic rings. The number of nitrogens with two attached hydrogens (primary N) is 1. The number of amides is 1. The highest BCUT2D eigenvalue weighted by molar-refractivity contribution is 5.94. The molecule has 0 saturated carbocycles. The predicted octanol–water partition coefficient (Wildman–Crippen LogP) is 2.34. The van der Waals surface area contributed by atoms with Gasteiger partial charge in [-0.25, -0.2) is 0 Å². The molecule has 1 aromatic heterocycles. The summed E-state index contributed by atoms with van der Waals surface area (Å²) in [4.78, 5) is 15.7. The van der Waals surface area contributed by atoms with E-state index in [0.717, 1.165) is 11.3 Å². The van der Waals surface area contributed by atoms with Crippen LogP contribution in [0.25, 0.3) is 0 Å². The summed E-state index contributed by atoms with van der Waals surface area (Å²) in [6, 6.07) is 11.1. The van der Waals surface area contributed by atoms with Gasteiger partial charge < -0.3 is 10.5 Å². The SMILES string of the molecule is COc1ccc(C(C)c2ncccc2C(N)=O)cc1. The molecular formula is C15H16N2O2. The molecule has 0 aliphatic heterocycles. The molecule has 1 heterocycles. The molecule has 0 radical (unpaired) electrons. The van der Waals surface area contributed by atoms with Gasteiger partial charge in [0.15, 0.2) is 0 Å². The number of aromatic nitrogens is 1. The van der Waals surface area contributed by atoms with Crippen molar-refractivity contribution >= 4 is 5.91 Å². The van der Waals surface area contributed by atoms with Crippen LogP contribution in [0.2, 0.25) is 0 Å². The van der Waals surface area contributed by atoms with E-state index in [1.807, 2.05) is 31.2 Å². The molecule has 0 bridgehead atoms. The Morgan fingerprint density at radius 2 is 1.95 bits per heavy atom. The maximum atomic E-state index is 11.4. The van der Waals surface area contributed by atoms with E-state index < -0.39 is 5.91 Å². The minimum Gasteiger partial charge on any atom is -0.497 e. The Morgan fingerprint density at radius 3 is 2.53 bits per heavy atom. The van der Waals surface area contributed by atoms with Gasteiger partial charge >= 0.3 is 0 Å². The van der Waals surface area contributed by atoms with Crippen molar-refractivity contribution in [2.45, 2.75) is 12.8 Å².